The fourth-order valence-electron chi connectivity index (χ4n) is 2.36. The third kappa shape index (κ3) is 3.01. The van der Waals surface area contributed by atoms with Crippen LogP contribution >= 0.6 is 0 Å². The van der Waals surface area contributed by atoms with Gasteiger partial charge in [-0.3, -0.25) is 9.59 Å². The van der Waals surface area contributed by atoms with Crippen molar-refractivity contribution >= 4 is 23.2 Å². The number of hydrogen-bond acceptors (Lipinski definition) is 4. The van der Waals surface area contributed by atoms with Gasteiger partial charge in [0.05, 0.1) is 12.1 Å². The summed E-state index contributed by atoms with van der Waals surface area (Å²) in [5.74, 6) is -0.467. The standard InChI is InChI=1S/C14H20N4O2/c1-17(9-13(19)18-6-2-3-7-18)10-4-5-12(15)11(8-10)14(16)20/h4-5,8H,2-3,6-7,9,15H2,1H3,(H2,16,20). The molecule has 1 heterocycles. The van der Waals surface area contributed by atoms with Crippen molar-refractivity contribution in [3.63, 3.8) is 0 Å². The van der Waals surface area contributed by atoms with E-state index in [0.717, 1.165) is 31.6 Å². The van der Waals surface area contributed by atoms with Crippen LogP contribution in [-0.2, 0) is 4.79 Å². The van der Waals surface area contributed by atoms with Gasteiger partial charge in [0, 0.05) is 31.5 Å². The lowest BCUT2D eigenvalue weighted by atomic mass is 10.1. The first-order valence-corrected chi connectivity index (χ1v) is 6.67. The molecule has 2 rings (SSSR count). The highest BCUT2D eigenvalue weighted by Crippen LogP contribution is 2.20. The SMILES string of the molecule is CN(CC(=O)N1CCCC1)c1ccc(N)c(C(N)=O)c1. The van der Waals surface area contributed by atoms with Crippen LogP contribution in [0.2, 0.25) is 0 Å². The number of rotatable bonds is 4. The smallest absolute Gasteiger partial charge is 0.250 e. The number of carbonyl (C=O) groups is 2. The normalized spacial score (nSPS) is 14.3. The van der Waals surface area contributed by atoms with Crippen LogP contribution in [-0.4, -0.2) is 43.4 Å². The van der Waals surface area contributed by atoms with Crippen LogP contribution in [0.1, 0.15) is 23.2 Å². The molecule has 1 aromatic carbocycles. The number of likely N-dealkylation sites (N-methyl/N-ethyl adjacent to an activating group) is 1. The second-order valence-electron chi connectivity index (χ2n) is 5.08. The minimum atomic E-state index is -0.566. The summed E-state index contributed by atoms with van der Waals surface area (Å²) in [7, 11) is 1.81. The number of hydrogen-bond donors (Lipinski definition) is 2. The van der Waals surface area contributed by atoms with Gasteiger partial charge in [-0.25, -0.2) is 0 Å². The molecule has 0 saturated carbocycles. The maximum absolute atomic E-state index is 12.1. The zero-order chi connectivity index (χ0) is 14.7. The zero-order valence-corrected chi connectivity index (χ0v) is 11.6. The highest BCUT2D eigenvalue weighted by molar-refractivity contribution is 5.99. The Morgan fingerprint density at radius 3 is 2.55 bits per heavy atom. The summed E-state index contributed by atoms with van der Waals surface area (Å²) in [6.07, 6.45) is 2.15. The fourth-order valence-corrected chi connectivity index (χ4v) is 2.36. The van der Waals surface area contributed by atoms with Gasteiger partial charge in [0.25, 0.3) is 5.91 Å². The van der Waals surface area contributed by atoms with E-state index in [2.05, 4.69) is 0 Å². The van der Waals surface area contributed by atoms with Crippen molar-refractivity contribution in [1.29, 1.82) is 0 Å². The van der Waals surface area contributed by atoms with E-state index in [4.69, 9.17) is 11.5 Å². The Hall–Kier alpha value is -2.24. The van der Waals surface area contributed by atoms with E-state index < -0.39 is 5.91 Å². The molecule has 0 bridgehead atoms. The third-order valence-electron chi connectivity index (χ3n) is 3.57. The van der Waals surface area contributed by atoms with Gasteiger partial charge in [0.1, 0.15) is 0 Å². The summed E-state index contributed by atoms with van der Waals surface area (Å²) < 4.78 is 0. The molecule has 0 radical (unpaired) electrons. The first kappa shape index (κ1) is 14.2. The molecule has 108 valence electrons. The topological polar surface area (TPSA) is 92.7 Å². The summed E-state index contributed by atoms with van der Waals surface area (Å²) in [6.45, 7) is 1.95. The Labute approximate surface area is 118 Å². The average Bonchev–Trinajstić information content (AvgIpc) is 2.92. The quantitative estimate of drug-likeness (QED) is 0.780. The van der Waals surface area contributed by atoms with Gasteiger partial charge in [-0.15, -0.1) is 0 Å². The van der Waals surface area contributed by atoms with E-state index >= 15 is 0 Å². The van der Waals surface area contributed by atoms with Crippen LogP contribution in [0.3, 0.4) is 0 Å². The molecule has 20 heavy (non-hydrogen) atoms. The molecular weight excluding hydrogens is 256 g/mol. The van der Waals surface area contributed by atoms with Gasteiger partial charge in [-0.1, -0.05) is 0 Å². The Morgan fingerprint density at radius 2 is 1.95 bits per heavy atom. The molecule has 0 unspecified atom stereocenters. The first-order chi connectivity index (χ1) is 9.49. The highest BCUT2D eigenvalue weighted by atomic mass is 16.2. The molecular formula is C14H20N4O2. The molecule has 0 aliphatic carbocycles. The second kappa shape index (κ2) is 5.81. The van der Waals surface area contributed by atoms with E-state index in [1.165, 1.54) is 0 Å². The number of primary amides is 1. The molecule has 4 N–H and O–H groups in total. The predicted octanol–water partition coefficient (Wildman–Crippen LogP) is 0.426. The number of amides is 2. The third-order valence-corrected chi connectivity index (χ3v) is 3.57. The highest BCUT2D eigenvalue weighted by Gasteiger charge is 2.19. The zero-order valence-electron chi connectivity index (χ0n) is 11.6. The number of carbonyl (C=O) groups excluding carboxylic acids is 2. The Balaban J connectivity index is 2.08. The Kier molecular flexibility index (Phi) is 4.12. The number of likely N-dealkylation sites (tertiary alicyclic amines) is 1. The van der Waals surface area contributed by atoms with E-state index in [9.17, 15) is 9.59 Å². The molecule has 1 aromatic rings. The average molecular weight is 276 g/mol. The van der Waals surface area contributed by atoms with Crippen molar-refractivity contribution in [2.75, 3.05) is 37.3 Å². The molecule has 0 spiro atoms. The van der Waals surface area contributed by atoms with Crippen molar-refractivity contribution in [3.05, 3.63) is 23.8 Å². The summed E-state index contributed by atoms with van der Waals surface area (Å²) in [6, 6.07) is 5.03. The number of nitrogens with two attached hydrogens (primary N) is 2. The predicted molar refractivity (Wildman–Crippen MR) is 78.5 cm³/mol. The van der Waals surface area contributed by atoms with Gasteiger partial charge in [-0.05, 0) is 31.0 Å². The minimum Gasteiger partial charge on any atom is -0.398 e. The molecule has 1 aliphatic rings. The van der Waals surface area contributed by atoms with Crippen molar-refractivity contribution in [2.45, 2.75) is 12.8 Å². The monoisotopic (exact) mass is 276 g/mol. The molecule has 2 amide bonds. The van der Waals surface area contributed by atoms with Gasteiger partial charge in [0.15, 0.2) is 0 Å². The molecule has 6 nitrogen and oxygen atoms in total. The van der Waals surface area contributed by atoms with Gasteiger partial charge >= 0.3 is 0 Å². The first-order valence-electron chi connectivity index (χ1n) is 6.67. The van der Waals surface area contributed by atoms with Crippen molar-refractivity contribution in [2.24, 2.45) is 5.73 Å². The Bertz CT molecular complexity index is 524. The van der Waals surface area contributed by atoms with E-state index in [1.54, 1.807) is 23.1 Å². The van der Waals surface area contributed by atoms with E-state index in [-0.39, 0.29) is 18.0 Å². The summed E-state index contributed by atoms with van der Waals surface area (Å²) in [4.78, 5) is 27.0. The van der Waals surface area contributed by atoms with Crippen LogP contribution in [0.25, 0.3) is 0 Å². The summed E-state index contributed by atoms with van der Waals surface area (Å²) in [5, 5.41) is 0. The lowest BCUT2D eigenvalue weighted by Crippen LogP contribution is -2.37. The fraction of sp³-hybridized carbons (Fsp3) is 0.429. The molecule has 0 atom stereocenters. The number of nitrogen functional groups attached to an aromatic ring is 1. The molecule has 0 aromatic heterocycles. The number of anilines is 2. The molecule has 1 fully saturated rings. The van der Waals surface area contributed by atoms with Gasteiger partial charge in [-0.2, -0.15) is 0 Å². The summed E-state index contributed by atoms with van der Waals surface area (Å²) in [5.41, 5.74) is 12.3. The van der Waals surface area contributed by atoms with Gasteiger partial charge < -0.3 is 21.3 Å². The van der Waals surface area contributed by atoms with E-state index in [0.29, 0.717) is 5.69 Å². The maximum atomic E-state index is 12.1. The largest absolute Gasteiger partial charge is 0.398 e. The Morgan fingerprint density at radius 1 is 1.30 bits per heavy atom. The van der Waals surface area contributed by atoms with Crippen LogP contribution in [0.4, 0.5) is 11.4 Å². The van der Waals surface area contributed by atoms with Crippen molar-refractivity contribution in [3.8, 4) is 0 Å². The van der Waals surface area contributed by atoms with Crippen molar-refractivity contribution < 1.29 is 9.59 Å². The van der Waals surface area contributed by atoms with Crippen LogP contribution in [0.5, 0.6) is 0 Å². The molecule has 6 heteroatoms. The van der Waals surface area contributed by atoms with E-state index in [1.807, 2.05) is 11.9 Å². The van der Waals surface area contributed by atoms with Crippen molar-refractivity contribution in [1.82, 2.24) is 4.90 Å². The number of benzene rings is 1. The molecule has 1 saturated heterocycles. The minimum absolute atomic E-state index is 0.0995. The molecule has 1 aliphatic heterocycles. The lowest BCUT2D eigenvalue weighted by Gasteiger charge is -2.23. The van der Waals surface area contributed by atoms with Crippen LogP contribution in [0.15, 0.2) is 18.2 Å². The van der Waals surface area contributed by atoms with Crippen LogP contribution in [0, 0.1) is 0 Å². The lowest BCUT2D eigenvalue weighted by molar-refractivity contribution is -0.128. The van der Waals surface area contributed by atoms with Crippen LogP contribution < -0.4 is 16.4 Å². The van der Waals surface area contributed by atoms with Gasteiger partial charge in [0.2, 0.25) is 5.91 Å². The maximum Gasteiger partial charge on any atom is 0.250 e. The second-order valence-corrected chi connectivity index (χ2v) is 5.08. The summed E-state index contributed by atoms with van der Waals surface area (Å²) >= 11 is 0. The number of nitrogens with zero attached hydrogens (tertiary/aromatic N) is 2.